The molecule has 0 N–H and O–H groups in total. The second kappa shape index (κ2) is 8.37. The molecule has 1 aromatic carbocycles. The molecule has 1 saturated heterocycles. The van der Waals surface area contributed by atoms with Crippen LogP contribution >= 0.6 is 0 Å². The van der Waals surface area contributed by atoms with Crippen LogP contribution in [-0.4, -0.2) is 48.1 Å². The van der Waals surface area contributed by atoms with Crippen LogP contribution in [0.15, 0.2) is 54.7 Å². The maximum absolute atomic E-state index is 13.4. The lowest BCUT2D eigenvalue weighted by Gasteiger charge is -2.35. The third kappa shape index (κ3) is 5.11. The molecule has 0 spiro atoms. The largest absolute Gasteiger partial charge is 0.417 e. The Morgan fingerprint density at radius 1 is 0.900 bits per heavy atom. The van der Waals surface area contributed by atoms with Crippen LogP contribution in [0, 0.1) is 0 Å². The monoisotopic (exact) mass is 429 g/mol. The Hall–Kier alpha value is -3.04. The van der Waals surface area contributed by atoms with Gasteiger partial charge in [-0.3, -0.25) is 4.79 Å². The number of anilines is 1. The average Bonchev–Trinajstić information content (AvgIpc) is 2.71. The lowest BCUT2D eigenvalue weighted by atomic mass is 10.0. The van der Waals surface area contributed by atoms with E-state index in [-0.39, 0.29) is 31.7 Å². The summed E-state index contributed by atoms with van der Waals surface area (Å²) in [6, 6.07) is 9.19. The average molecular weight is 429 g/mol. The summed E-state index contributed by atoms with van der Waals surface area (Å²) in [5.74, 6) is -0.461. The van der Waals surface area contributed by atoms with Gasteiger partial charge in [0.1, 0.15) is 5.82 Å². The summed E-state index contributed by atoms with van der Waals surface area (Å²) in [6.07, 6.45) is -7.87. The number of rotatable bonds is 3. The second-order valence-corrected chi connectivity index (χ2v) is 6.64. The van der Waals surface area contributed by atoms with E-state index in [4.69, 9.17) is 0 Å². The third-order valence-corrected chi connectivity index (χ3v) is 4.65. The highest BCUT2D eigenvalue weighted by Gasteiger charge is 2.36. The zero-order chi connectivity index (χ0) is 21.9. The number of allylic oxidation sites excluding steroid dienone is 1. The Kier molecular flexibility index (Phi) is 6.04. The molecule has 1 aliphatic heterocycles. The van der Waals surface area contributed by atoms with Crippen molar-refractivity contribution >= 4 is 17.3 Å². The number of hydrogen-bond acceptors (Lipinski definition) is 3. The van der Waals surface area contributed by atoms with Crippen molar-refractivity contribution in [2.24, 2.45) is 0 Å². The minimum atomic E-state index is -4.69. The first-order chi connectivity index (χ1) is 14.1. The number of alkyl halides is 6. The van der Waals surface area contributed by atoms with E-state index in [2.05, 4.69) is 4.98 Å². The van der Waals surface area contributed by atoms with Gasteiger partial charge < -0.3 is 9.80 Å². The van der Waals surface area contributed by atoms with Crippen LogP contribution < -0.4 is 4.90 Å². The van der Waals surface area contributed by atoms with Crippen LogP contribution in [0.2, 0.25) is 0 Å². The predicted octanol–water partition coefficient (Wildman–Crippen LogP) is 4.39. The highest BCUT2D eigenvalue weighted by atomic mass is 19.4. The van der Waals surface area contributed by atoms with E-state index in [0.717, 1.165) is 12.3 Å². The molecule has 160 valence electrons. The molecule has 1 aromatic heterocycles. The van der Waals surface area contributed by atoms with Crippen LogP contribution in [0.1, 0.15) is 11.1 Å². The molecule has 0 aliphatic carbocycles. The van der Waals surface area contributed by atoms with Gasteiger partial charge in [-0.15, -0.1) is 0 Å². The summed E-state index contributed by atoms with van der Waals surface area (Å²) < 4.78 is 78.1. The topological polar surface area (TPSA) is 36.4 Å². The number of carbonyl (C=O) groups is 1. The van der Waals surface area contributed by atoms with Gasteiger partial charge >= 0.3 is 12.4 Å². The van der Waals surface area contributed by atoms with Crippen LogP contribution in [0.5, 0.6) is 0 Å². The summed E-state index contributed by atoms with van der Waals surface area (Å²) in [5, 5.41) is 0. The van der Waals surface area contributed by atoms with E-state index in [1.54, 1.807) is 11.0 Å². The highest BCUT2D eigenvalue weighted by molar-refractivity contribution is 5.96. The molecule has 10 heteroatoms. The Balaban J connectivity index is 1.68. The lowest BCUT2D eigenvalue weighted by Crippen LogP contribution is -2.48. The van der Waals surface area contributed by atoms with Gasteiger partial charge in [0.15, 0.2) is 0 Å². The number of halogens is 6. The molecule has 1 fully saturated rings. The van der Waals surface area contributed by atoms with E-state index in [1.807, 2.05) is 0 Å². The van der Waals surface area contributed by atoms with Crippen LogP contribution in [0.25, 0.3) is 5.57 Å². The summed E-state index contributed by atoms with van der Waals surface area (Å²) in [4.78, 5) is 19.2. The van der Waals surface area contributed by atoms with E-state index < -0.39 is 29.4 Å². The maximum Gasteiger partial charge on any atom is 0.417 e. The van der Waals surface area contributed by atoms with Gasteiger partial charge in [0.25, 0.3) is 0 Å². The molecule has 0 radical (unpaired) electrons. The molecule has 30 heavy (non-hydrogen) atoms. The molecular weight excluding hydrogens is 412 g/mol. The van der Waals surface area contributed by atoms with Crippen molar-refractivity contribution < 1.29 is 31.1 Å². The number of piperazine rings is 1. The molecule has 1 aliphatic rings. The molecule has 0 unspecified atom stereocenters. The number of aromatic nitrogens is 1. The summed E-state index contributed by atoms with van der Waals surface area (Å²) in [6.45, 7) is 0.727. The predicted molar refractivity (Wildman–Crippen MR) is 98.5 cm³/mol. The number of pyridine rings is 1. The van der Waals surface area contributed by atoms with E-state index >= 15 is 0 Å². The lowest BCUT2D eigenvalue weighted by molar-refractivity contribution is -0.137. The van der Waals surface area contributed by atoms with Crippen molar-refractivity contribution in [3.05, 3.63) is 65.9 Å². The zero-order valence-electron chi connectivity index (χ0n) is 15.5. The number of benzene rings is 1. The minimum Gasteiger partial charge on any atom is -0.353 e. The van der Waals surface area contributed by atoms with Crippen molar-refractivity contribution in [3.8, 4) is 0 Å². The van der Waals surface area contributed by atoms with Crippen LogP contribution in [0.3, 0.4) is 0 Å². The van der Waals surface area contributed by atoms with Gasteiger partial charge in [-0.2, -0.15) is 26.3 Å². The van der Waals surface area contributed by atoms with Gasteiger partial charge in [-0.1, -0.05) is 30.3 Å². The van der Waals surface area contributed by atoms with Crippen molar-refractivity contribution in [2.75, 3.05) is 31.1 Å². The van der Waals surface area contributed by atoms with Crippen LogP contribution in [-0.2, 0) is 11.0 Å². The summed E-state index contributed by atoms with van der Waals surface area (Å²) in [5.41, 5.74) is -2.00. The molecule has 1 amide bonds. The van der Waals surface area contributed by atoms with Crippen molar-refractivity contribution in [1.82, 2.24) is 9.88 Å². The Labute approximate surface area is 168 Å². The van der Waals surface area contributed by atoms with Gasteiger partial charge in [0, 0.05) is 38.5 Å². The molecule has 4 nitrogen and oxygen atoms in total. The molecule has 3 rings (SSSR count). The van der Waals surface area contributed by atoms with E-state index in [9.17, 15) is 31.1 Å². The first-order valence-corrected chi connectivity index (χ1v) is 8.97. The second-order valence-electron chi connectivity index (χ2n) is 6.64. The van der Waals surface area contributed by atoms with Gasteiger partial charge in [0.2, 0.25) is 5.91 Å². The molecule has 0 bridgehead atoms. The first-order valence-electron chi connectivity index (χ1n) is 8.97. The quantitative estimate of drug-likeness (QED) is 0.536. The summed E-state index contributed by atoms with van der Waals surface area (Å²) in [7, 11) is 0. The molecular formula is C20H17F6N3O. The van der Waals surface area contributed by atoms with Gasteiger partial charge in [-0.05, 0) is 17.7 Å². The summed E-state index contributed by atoms with van der Waals surface area (Å²) >= 11 is 0. The molecule has 2 aromatic rings. The minimum absolute atomic E-state index is 0.106. The molecule has 2 heterocycles. The first kappa shape index (κ1) is 21.7. The fourth-order valence-electron chi connectivity index (χ4n) is 3.06. The van der Waals surface area contributed by atoms with Crippen molar-refractivity contribution in [1.29, 1.82) is 0 Å². The zero-order valence-corrected chi connectivity index (χ0v) is 15.5. The number of nitrogens with zero attached hydrogens (tertiary/aromatic N) is 3. The van der Waals surface area contributed by atoms with Crippen molar-refractivity contribution in [2.45, 2.75) is 12.4 Å². The molecule has 0 saturated carbocycles. The maximum atomic E-state index is 13.4. The van der Waals surface area contributed by atoms with E-state index in [1.165, 1.54) is 35.2 Å². The third-order valence-electron chi connectivity index (χ3n) is 4.65. The number of carbonyl (C=O) groups excluding carboxylic acids is 1. The van der Waals surface area contributed by atoms with Gasteiger partial charge in [-0.25, -0.2) is 4.98 Å². The van der Waals surface area contributed by atoms with Crippen molar-refractivity contribution in [3.63, 3.8) is 0 Å². The van der Waals surface area contributed by atoms with Gasteiger partial charge in [0.05, 0.1) is 11.1 Å². The molecule has 0 atom stereocenters. The SMILES string of the molecule is O=C(/C=C(\c1ccccc1)C(F)(F)F)N1CCN(c2ccc(C(F)(F)F)cn2)CC1. The standard InChI is InChI=1S/C20H17F6N3O/c21-19(22,23)15-6-7-17(27-13-15)28-8-10-29(11-9-28)18(30)12-16(20(24,25)26)14-4-2-1-3-5-14/h1-7,12-13H,8-11H2/b16-12+. The highest BCUT2D eigenvalue weighted by Crippen LogP contribution is 2.34. The number of amides is 1. The Morgan fingerprint density at radius 3 is 2.03 bits per heavy atom. The normalized spacial score (nSPS) is 16.0. The fraction of sp³-hybridized carbons (Fsp3) is 0.300. The van der Waals surface area contributed by atoms with E-state index in [0.29, 0.717) is 11.9 Å². The Morgan fingerprint density at radius 2 is 1.53 bits per heavy atom. The van der Waals surface area contributed by atoms with Crippen LogP contribution in [0.4, 0.5) is 32.2 Å². The smallest absolute Gasteiger partial charge is 0.353 e. The Bertz CT molecular complexity index is 899. The fourth-order valence-corrected chi connectivity index (χ4v) is 3.06. The number of hydrogen-bond donors (Lipinski definition) is 0.